The molecule has 1 atom stereocenters. The molecule has 0 aliphatic heterocycles. The van der Waals surface area contributed by atoms with Crippen LogP contribution in [0.5, 0.6) is 0 Å². The number of esters is 1. The molecule has 0 heterocycles. The molecule has 1 rings (SSSR count). The lowest BCUT2D eigenvalue weighted by atomic mass is 10.1. The van der Waals surface area contributed by atoms with E-state index in [-0.39, 0.29) is 12.3 Å². The second kappa shape index (κ2) is 6.64. The number of benzene rings is 1. The Hall–Kier alpha value is -1.22. The first-order chi connectivity index (χ1) is 8.45. The fourth-order valence-electron chi connectivity index (χ4n) is 1.38. The smallest absolute Gasteiger partial charge is 0.323 e. The first-order valence-corrected chi connectivity index (χ1v) is 6.38. The zero-order valence-electron chi connectivity index (χ0n) is 9.76. The quantitative estimate of drug-likeness (QED) is 0.371. The van der Waals surface area contributed by atoms with Gasteiger partial charge in [0.25, 0.3) is 5.69 Å². The average molecular weight is 364 g/mol. The topological polar surface area (TPSA) is 95.5 Å². The van der Waals surface area contributed by atoms with Crippen molar-refractivity contribution in [2.24, 2.45) is 5.73 Å². The first-order valence-electron chi connectivity index (χ1n) is 5.30. The molecular weight excluding hydrogens is 351 g/mol. The molecule has 7 heteroatoms. The Labute approximate surface area is 118 Å². The summed E-state index contributed by atoms with van der Waals surface area (Å²) in [6, 6.07) is 3.71. The van der Waals surface area contributed by atoms with E-state index < -0.39 is 16.9 Å². The molecule has 98 valence electrons. The Morgan fingerprint density at radius 3 is 2.78 bits per heavy atom. The van der Waals surface area contributed by atoms with Gasteiger partial charge in [0.15, 0.2) is 0 Å². The summed E-state index contributed by atoms with van der Waals surface area (Å²) < 4.78 is 5.51. The van der Waals surface area contributed by atoms with Gasteiger partial charge in [-0.15, -0.1) is 0 Å². The van der Waals surface area contributed by atoms with Gasteiger partial charge in [0, 0.05) is 15.7 Å². The van der Waals surface area contributed by atoms with E-state index in [9.17, 15) is 14.9 Å². The SMILES string of the molecule is CCOC(=O)[C@@H](N)Cc1ccc([N+](=O)[O-])cc1I. The van der Waals surface area contributed by atoms with E-state index in [1.807, 2.05) is 22.6 Å². The van der Waals surface area contributed by atoms with E-state index in [1.54, 1.807) is 13.0 Å². The van der Waals surface area contributed by atoms with Crippen molar-refractivity contribution in [3.63, 3.8) is 0 Å². The third-order valence-corrected chi connectivity index (χ3v) is 3.28. The highest BCUT2D eigenvalue weighted by molar-refractivity contribution is 14.1. The number of nitrogens with zero attached hydrogens (tertiary/aromatic N) is 1. The van der Waals surface area contributed by atoms with E-state index in [2.05, 4.69) is 0 Å². The van der Waals surface area contributed by atoms with Crippen LogP contribution in [0.15, 0.2) is 18.2 Å². The summed E-state index contributed by atoms with van der Waals surface area (Å²) in [5.74, 6) is -0.466. The Bertz CT molecular complexity index is 464. The van der Waals surface area contributed by atoms with Gasteiger partial charge in [-0.25, -0.2) is 0 Å². The van der Waals surface area contributed by atoms with E-state index >= 15 is 0 Å². The normalized spacial score (nSPS) is 11.9. The monoisotopic (exact) mass is 364 g/mol. The molecule has 0 unspecified atom stereocenters. The van der Waals surface area contributed by atoms with E-state index in [0.717, 1.165) is 5.56 Å². The molecule has 0 saturated carbocycles. The predicted octanol–water partition coefficient (Wildman–Crippen LogP) is 1.63. The van der Waals surface area contributed by atoms with Crippen molar-refractivity contribution in [3.05, 3.63) is 37.4 Å². The number of ether oxygens (including phenoxy) is 1. The maximum absolute atomic E-state index is 11.4. The van der Waals surface area contributed by atoms with E-state index in [4.69, 9.17) is 10.5 Å². The highest BCUT2D eigenvalue weighted by atomic mass is 127. The van der Waals surface area contributed by atoms with Gasteiger partial charge >= 0.3 is 5.97 Å². The number of non-ortho nitro benzene ring substituents is 1. The third-order valence-electron chi connectivity index (χ3n) is 2.28. The summed E-state index contributed by atoms with van der Waals surface area (Å²) in [4.78, 5) is 21.5. The number of nitrogens with two attached hydrogens (primary N) is 1. The van der Waals surface area contributed by atoms with E-state index in [1.165, 1.54) is 12.1 Å². The number of carbonyl (C=O) groups excluding carboxylic acids is 1. The van der Waals surface area contributed by atoms with Crippen LogP contribution >= 0.6 is 22.6 Å². The first kappa shape index (κ1) is 14.8. The molecule has 0 aromatic heterocycles. The number of carbonyl (C=O) groups is 1. The number of nitro benzene ring substituents is 1. The van der Waals surface area contributed by atoms with Crippen LogP contribution in [0.3, 0.4) is 0 Å². The summed E-state index contributed by atoms with van der Waals surface area (Å²) in [7, 11) is 0. The largest absolute Gasteiger partial charge is 0.465 e. The number of nitro groups is 1. The fraction of sp³-hybridized carbons (Fsp3) is 0.364. The molecule has 6 nitrogen and oxygen atoms in total. The summed E-state index contributed by atoms with van der Waals surface area (Å²) in [5, 5.41) is 10.6. The van der Waals surface area contributed by atoms with Gasteiger partial charge in [-0.3, -0.25) is 14.9 Å². The van der Waals surface area contributed by atoms with Crippen molar-refractivity contribution >= 4 is 34.2 Å². The maximum atomic E-state index is 11.4. The highest BCUT2D eigenvalue weighted by Gasteiger charge is 2.17. The van der Waals surface area contributed by atoms with Gasteiger partial charge in [0.2, 0.25) is 0 Å². The molecular formula is C11H13IN2O4. The van der Waals surface area contributed by atoms with Gasteiger partial charge in [0.05, 0.1) is 11.5 Å². The van der Waals surface area contributed by atoms with Gasteiger partial charge in [0.1, 0.15) is 6.04 Å². The van der Waals surface area contributed by atoms with Crippen molar-refractivity contribution in [2.45, 2.75) is 19.4 Å². The minimum Gasteiger partial charge on any atom is -0.465 e. The number of hydrogen-bond donors (Lipinski definition) is 1. The Morgan fingerprint density at radius 1 is 1.61 bits per heavy atom. The van der Waals surface area contributed by atoms with E-state index in [0.29, 0.717) is 9.99 Å². The lowest BCUT2D eigenvalue weighted by molar-refractivity contribution is -0.385. The molecule has 0 bridgehead atoms. The summed E-state index contributed by atoms with van der Waals surface area (Å²) in [6.45, 7) is 1.99. The number of hydrogen-bond acceptors (Lipinski definition) is 5. The van der Waals surface area contributed by atoms with Crippen LogP contribution in [0.1, 0.15) is 12.5 Å². The van der Waals surface area contributed by atoms with Crippen LogP contribution < -0.4 is 5.73 Å². The van der Waals surface area contributed by atoms with Gasteiger partial charge in [-0.1, -0.05) is 6.07 Å². The minimum atomic E-state index is -0.750. The van der Waals surface area contributed by atoms with Gasteiger partial charge in [-0.05, 0) is 41.5 Å². The van der Waals surface area contributed by atoms with Crippen LogP contribution in [-0.2, 0) is 16.0 Å². The Morgan fingerprint density at radius 2 is 2.28 bits per heavy atom. The molecule has 1 aromatic rings. The van der Waals surface area contributed by atoms with Crippen LogP contribution in [0.2, 0.25) is 0 Å². The van der Waals surface area contributed by atoms with Crippen LogP contribution in [0.4, 0.5) is 5.69 Å². The molecule has 0 fully saturated rings. The molecule has 0 aliphatic carbocycles. The van der Waals surface area contributed by atoms with Gasteiger partial charge < -0.3 is 10.5 Å². The summed E-state index contributed by atoms with van der Waals surface area (Å²) in [5.41, 5.74) is 6.50. The zero-order chi connectivity index (χ0) is 13.7. The zero-order valence-corrected chi connectivity index (χ0v) is 11.9. The number of halogens is 1. The predicted molar refractivity (Wildman–Crippen MR) is 74.1 cm³/mol. The molecule has 2 N–H and O–H groups in total. The van der Waals surface area contributed by atoms with Crippen molar-refractivity contribution < 1.29 is 14.5 Å². The van der Waals surface area contributed by atoms with Crippen molar-refractivity contribution in [1.82, 2.24) is 0 Å². The lowest BCUT2D eigenvalue weighted by Gasteiger charge is -2.11. The summed E-state index contributed by atoms with van der Waals surface area (Å²) in [6.07, 6.45) is 0.301. The molecule has 0 radical (unpaired) electrons. The Balaban J connectivity index is 2.79. The standard InChI is InChI=1S/C11H13IN2O4/c1-2-18-11(15)10(13)5-7-3-4-8(14(16)17)6-9(7)12/h3-4,6,10H,2,5,13H2,1H3/t10-/m0/s1. The number of rotatable bonds is 5. The molecule has 0 aliphatic rings. The molecule has 0 amide bonds. The molecule has 0 spiro atoms. The van der Waals surface area contributed by atoms with Crippen LogP contribution in [0.25, 0.3) is 0 Å². The lowest BCUT2D eigenvalue weighted by Crippen LogP contribution is -2.34. The fourth-order valence-corrected chi connectivity index (χ4v) is 2.10. The third kappa shape index (κ3) is 3.91. The van der Waals surface area contributed by atoms with Crippen molar-refractivity contribution in [1.29, 1.82) is 0 Å². The summed E-state index contributed by atoms with van der Waals surface area (Å²) >= 11 is 1.99. The average Bonchev–Trinajstić information content (AvgIpc) is 2.31. The second-order valence-electron chi connectivity index (χ2n) is 3.60. The molecule has 18 heavy (non-hydrogen) atoms. The molecule has 1 aromatic carbocycles. The second-order valence-corrected chi connectivity index (χ2v) is 4.76. The minimum absolute atomic E-state index is 0.0212. The highest BCUT2D eigenvalue weighted by Crippen LogP contribution is 2.20. The Kier molecular flexibility index (Phi) is 5.48. The van der Waals surface area contributed by atoms with Crippen LogP contribution in [0, 0.1) is 13.7 Å². The van der Waals surface area contributed by atoms with Crippen molar-refractivity contribution in [2.75, 3.05) is 6.61 Å². The molecule has 0 saturated heterocycles. The van der Waals surface area contributed by atoms with Gasteiger partial charge in [-0.2, -0.15) is 0 Å². The van der Waals surface area contributed by atoms with Crippen molar-refractivity contribution in [3.8, 4) is 0 Å². The van der Waals surface area contributed by atoms with Crippen LogP contribution in [-0.4, -0.2) is 23.5 Å². The maximum Gasteiger partial charge on any atom is 0.323 e.